The third-order valence-corrected chi connectivity index (χ3v) is 4.76. The molecule has 0 spiro atoms. The minimum absolute atomic E-state index is 0.729. The third kappa shape index (κ3) is 3.53. The van der Waals surface area contributed by atoms with Gasteiger partial charge in [-0.1, -0.05) is 6.07 Å². The van der Waals surface area contributed by atoms with E-state index in [0.717, 1.165) is 48.7 Å². The smallest absolute Gasteiger partial charge is 0.161 e. The van der Waals surface area contributed by atoms with E-state index in [-0.39, 0.29) is 0 Å². The predicted octanol–water partition coefficient (Wildman–Crippen LogP) is 3.96. The molecule has 0 fully saturated rings. The van der Waals surface area contributed by atoms with Gasteiger partial charge < -0.3 is 14.8 Å². The second-order valence-electron chi connectivity index (χ2n) is 4.67. The fourth-order valence-corrected chi connectivity index (χ4v) is 3.51. The summed E-state index contributed by atoms with van der Waals surface area (Å²) < 4.78 is 12.5. The summed E-state index contributed by atoms with van der Waals surface area (Å²) in [7, 11) is 0. The first-order chi connectivity index (χ1) is 9.81. The first-order valence-corrected chi connectivity index (χ1v) is 8.31. The van der Waals surface area contributed by atoms with Crippen molar-refractivity contribution in [2.45, 2.75) is 19.5 Å². The normalized spacial score (nSPS) is 14.1. The van der Waals surface area contributed by atoms with Crippen molar-refractivity contribution in [3.8, 4) is 11.5 Å². The summed E-state index contributed by atoms with van der Waals surface area (Å²) >= 11 is 5.23. The molecule has 1 aromatic carbocycles. The number of hydrogen-bond acceptors (Lipinski definition) is 4. The van der Waals surface area contributed by atoms with Gasteiger partial charge in [0.15, 0.2) is 11.5 Å². The molecule has 0 saturated carbocycles. The van der Waals surface area contributed by atoms with Gasteiger partial charge >= 0.3 is 0 Å². The maximum Gasteiger partial charge on any atom is 0.161 e. The van der Waals surface area contributed by atoms with Crippen molar-refractivity contribution >= 4 is 27.3 Å². The van der Waals surface area contributed by atoms with Crippen molar-refractivity contribution in [3.05, 3.63) is 44.6 Å². The van der Waals surface area contributed by atoms with Crippen LogP contribution < -0.4 is 14.8 Å². The first-order valence-electron chi connectivity index (χ1n) is 6.63. The Labute approximate surface area is 131 Å². The van der Waals surface area contributed by atoms with Crippen LogP contribution in [-0.2, 0) is 13.1 Å². The SMILES string of the molecule is Brc1csc(CNCc2ccc3c(c2)OCCCO3)c1. The zero-order chi connectivity index (χ0) is 13.8. The van der Waals surface area contributed by atoms with E-state index in [0.29, 0.717) is 0 Å². The molecule has 0 unspecified atom stereocenters. The molecule has 0 saturated heterocycles. The Morgan fingerprint density at radius 1 is 1.10 bits per heavy atom. The lowest BCUT2D eigenvalue weighted by Crippen LogP contribution is -2.11. The van der Waals surface area contributed by atoms with Crippen LogP contribution in [0.2, 0.25) is 0 Å². The van der Waals surface area contributed by atoms with Crippen molar-refractivity contribution < 1.29 is 9.47 Å². The maximum absolute atomic E-state index is 5.70. The quantitative estimate of drug-likeness (QED) is 0.902. The fraction of sp³-hybridized carbons (Fsp3) is 0.333. The lowest BCUT2D eigenvalue weighted by molar-refractivity contribution is 0.297. The number of thiophene rings is 1. The van der Waals surface area contributed by atoms with Gasteiger partial charge in [0.25, 0.3) is 0 Å². The number of ether oxygens (including phenoxy) is 2. The van der Waals surface area contributed by atoms with Crippen LogP contribution in [-0.4, -0.2) is 13.2 Å². The van der Waals surface area contributed by atoms with Crippen LogP contribution in [0.3, 0.4) is 0 Å². The number of rotatable bonds is 4. The van der Waals surface area contributed by atoms with Crippen LogP contribution in [0.4, 0.5) is 0 Å². The summed E-state index contributed by atoms with van der Waals surface area (Å²) in [4.78, 5) is 1.33. The Morgan fingerprint density at radius 3 is 2.75 bits per heavy atom. The van der Waals surface area contributed by atoms with E-state index in [9.17, 15) is 0 Å². The summed E-state index contributed by atoms with van der Waals surface area (Å²) in [6.07, 6.45) is 0.940. The van der Waals surface area contributed by atoms with Crippen molar-refractivity contribution in [2.24, 2.45) is 0 Å². The highest BCUT2D eigenvalue weighted by Gasteiger charge is 2.10. The minimum Gasteiger partial charge on any atom is -0.490 e. The predicted molar refractivity (Wildman–Crippen MR) is 84.6 cm³/mol. The van der Waals surface area contributed by atoms with Crippen LogP contribution in [0.25, 0.3) is 0 Å². The molecule has 2 aromatic rings. The minimum atomic E-state index is 0.729. The monoisotopic (exact) mass is 353 g/mol. The van der Waals surface area contributed by atoms with Crippen LogP contribution in [0.1, 0.15) is 16.9 Å². The molecule has 2 heterocycles. The number of nitrogens with one attached hydrogen (secondary N) is 1. The van der Waals surface area contributed by atoms with Crippen LogP contribution >= 0.6 is 27.3 Å². The molecule has 3 nitrogen and oxygen atoms in total. The van der Waals surface area contributed by atoms with E-state index in [2.05, 4.69) is 44.8 Å². The molecule has 0 radical (unpaired) electrons. The van der Waals surface area contributed by atoms with Gasteiger partial charge in [-0.2, -0.15) is 0 Å². The lowest BCUT2D eigenvalue weighted by atomic mass is 10.2. The molecular weight excluding hydrogens is 338 g/mol. The van der Waals surface area contributed by atoms with E-state index >= 15 is 0 Å². The number of benzene rings is 1. The van der Waals surface area contributed by atoms with Gasteiger partial charge in [-0.25, -0.2) is 0 Å². The van der Waals surface area contributed by atoms with Gasteiger partial charge in [-0.3, -0.25) is 0 Å². The summed E-state index contributed by atoms with van der Waals surface area (Å²) in [6, 6.07) is 8.30. The standard InChI is InChI=1S/C15H16BrNO2S/c16-12-7-13(20-10-12)9-17-8-11-2-3-14-15(6-11)19-5-1-4-18-14/h2-3,6-7,10,17H,1,4-5,8-9H2. The fourth-order valence-electron chi connectivity index (χ4n) is 2.09. The molecule has 106 valence electrons. The van der Waals surface area contributed by atoms with E-state index in [1.807, 2.05) is 6.07 Å². The van der Waals surface area contributed by atoms with Gasteiger partial charge in [0.1, 0.15) is 0 Å². The molecule has 0 bridgehead atoms. The molecule has 1 aromatic heterocycles. The molecule has 0 aliphatic carbocycles. The van der Waals surface area contributed by atoms with Crippen LogP contribution in [0.15, 0.2) is 34.1 Å². The van der Waals surface area contributed by atoms with Crippen molar-refractivity contribution in [3.63, 3.8) is 0 Å². The highest BCUT2D eigenvalue weighted by Crippen LogP contribution is 2.30. The summed E-state index contributed by atoms with van der Waals surface area (Å²) in [5, 5.41) is 5.55. The Bertz CT molecular complexity index is 585. The van der Waals surface area contributed by atoms with Gasteiger partial charge in [-0.05, 0) is 39.7 Å². The third-order valence-electron chi connectivity index (χ3n) is 3.06. The Kier molecular flexibility index (Phi) is 4.60. The maximum atomic E-state index is 5.70. The van der Waals surface area contributed by atoms with Crippen molar-refractivity contribution in [2.75, 3.05) is 13.2 Å². The van der Waals surface area contributed by atoms with Crippen molar-refractivity contribution in [1.29, 1.82) is 0 Å². The molecule has 1 aliphatic heterocycles. The van der Waals surface area contributed by atoms with Gasteiger partial charge in [0, 0.05) is 34.2 Å². The average Bonchev–Trinajstić information content (AvgIpc) is 2.73. The van der Waals surface area contributed by atoms with Gasteiger partial charge in [0.2, 0.25) is 0 Å². The lowest BCUT2D eigenvalue weighted by Gasteiger charge is -2.09. The molecule has 3 rings (SSSR count). The molecule has 5 heteroatoms. The highest BCUT2D eigenvalue weighted by atomic mass is 79.9. The van der Waals surface area contributed by atoms with E-state index < -0.39 is 0 Å². The second kappa shape index (κ2) is 6.61. The Morgan fingerprint density at radius 2 is 1.95 bits per heavy atom. The summed E-state index contributed by atoms with van der Waals surface area (Å²) in [5.74, 6) is 1.72. The Balaban J connectivity index is 1.59. The zero-order valence-electron chi connectivity index (χ0n) is 11.0. The number of halogens is 1. The highest BCUT2D eigenvalue weighted by molar-refractivity contribution is 9.10. The van der Waals surface area contributed by atoms with E-state index in [4.69, 9.17) is 9.47 Å². The average molecular weight is 354 g/mol. The van der Waals surface area contributed by atoms with Gasteiger partial charge in [0.05, 0.1) is 13.2 Å². The zero-order valence-corrected chi connectivity index (χ0v) is 13.4. The molecule has 1 aliphatic rings. The molecule has 20 heavy (non-hydrogen) atoms. The van der Waals surface area contributed by atoms with Crippen LogP contribution in [0, 0.1) is 0 Å². The van der Waals surface area contributed by atoms with Crippen LogP contribution in [0.5, 0.6) is 11.5 Å². The second-order valence-corrected chi connectivity index (χ2v) is 6.58. The van der Waals surface area contributed by atoms with Gasteiger partial charge in [-0.15, -0.1) is 11.3 Å². The largest absolute Gasteiger partial charge is 0.490 e. The van der Waals surface area contributed by atoms with E-state index in [1.54, 1.807) is 11.3 Å². The van der Waals surface area contributed by atoms with Crippen molar-refractivity contribution in [1.82, 2.24) is 5.32 Å². The topological polar surface area (TPSA) is 30.5 Å². The number of hydrogen-bond donors (Lipinski definition) is 1. The Hall–Kier alpha value is -1.04. The summed E-state index contributed by atoms with van der Waals surface area (Å²) in [6.45, 7) is 3.17. The molecule has 0 amide bonds. The molecule has 0 atom stereocenters. The molecular formula is C15H16BrNO2S. The van der Waals surface area contributed by atoms with E-state index in [1.165, 1.54) is 10.4 Å². The molecule has 1 N–H and O–H groups in total. The summed E-state index contributed by atoms with van der Waals surface area (Å²) in [5.41, 5.74) is 1.21. The first kappa shape index (κ1) is 13.9. The number of fused-ring (bicyclic) bond motifs is 1.